The van der Waals surface area contributed by atoms with Crippen molar-refractivity contribution in [3.05, 3.63) is 84.9 Å². The molecule has 4 nitrogen and oxygen atoms in total. The molecule has 1 fully saturated rings. The van der Waals surface area contributed by atoms with Gasteiger partial charge in [-0.05, 0) is 110 Å². The fourth-order valence-corrected chi connectivity index (χ4v) is 5.51. The van der Waals surface area contributed by atoms with E-state index in [1.807, 2.05) is 25.1 Å². The molecule has 1 amide bonds. The Bertz CT molecular complexity index is 1330. The number of rotatable bonds is 4. The molecule has 0 spiro atoms. The van der Waals surface area contributed by atoms with Crippen LogP contribution >= 0.6 is 39.3 Å². The molecule has 2 aromatic carbocycles. The predicted molar refractivity (Wildman–Crippen MR) is 144 cm³/mol. The second-order valence-electron chi connectivity index (χ2n) is 8.10. The zero-order chi connectivity index (χ0) is 23.9. The summed E-state index contributed by atoms with van der Waals surface area (Å²) in [5.41, 5.74) is 7.62. The van der Waals surface area contributed by atoms with Gasteiger partial charge in [0.2, 0.25) is 0 Å². The number of aryl methyl sites for hydroxylation is 3. The number of benzene rings is 2. The molecule has 0 N–H and O–H groups in total. The minimum absolute atomic E-state index is 0.0271. The van der Waals surface area contributed by atoms with Crippen molar-refractivity contribution < 1.29 is 4.79 Å². The third-order valence-corrected chi connectivity index (χ3v) is 7.92. The van der Waals surface area contributed by atoms with E-state index < -0.39 is 0 Å². The second kappa shape index (κ2) is 9.53. The quantitative estimate of drug-likeness (QED) is 0.316. The van der Waals surface area contributed by atoms with E-state index in [-0.39, 0.29) is 5.91 Å². The van der Waals surface area contributed by atoms with Crippen LogP contribution in [0.25, 0.3) is 11.8 Å². The highest BCUT2D eigenvalue weighted by atomic mass is 79.9. The number of carbonyl (C=O) groups excluding carboxylic acids is 1. The third kappa shape index (κ3) is 4.70. The van der Waals surface area contributed by atoms with E-state index in [9.17, 15) is 4.79 Å². The van der Waals surface area contributed by atoms with Crippen molar-refractivity contribution in [2.45, 2.75) is 34.6 Å². The number of likely N-dealkylation sites (N-methyl/N-ethyl adjacent to an activating group) is 1. The summed E-state index contributed by atoms with van der Waals surface area (Å²) in [5, 5.41) is 1.25. The second-order valence-corrected chi connectivity index (χ2v) is 10.4. The normalized spacial score (nSPS) is 16.5. The fourth-order valence-electron chi connectivity index (χ4n) is 4.04. The van der Waals surface area contributed by atoms with Crippen LogP contribution in [0, 0.1) is 27.7 Å². The van der Waals surface area contributed by atoms with E-state index in [0.29, 0.717) is 27.3 Å². The summed E-state index contributed by atoms with van der Waals surface area (Å²) in [4.78, 5) is 20.2. The molecule has 0 bridgehead atoms. The first-order chi connectivity index (χ1) is 15.7. The maximum atomic E-state index is 13.1. The number of thioether (sulfide) groups is 1. The SMILES string of the molecule is CCN1C(=O)/C(=C/c2cc(C)n(-c3ccc(C)cc3C)c2C)SC1=Nc1ccc(Br)c(Cl)c1. The molecule has 0 atom stereocenters. The summed E-state index contributed by atoms with van der Waals surface area (Å²) < 4.78 is 3.07. The van der Waals surface area contributed by atoms with Gasteiger partial charge < -0.3 is 4.57 Å². The average molecular weight is 543 g/mol. The Kier molecular flexibility index (Phi) is 6.89. The molecular weight excluding hydrogens is 518 g/mol. The van der Waals surface area contributed by atoms with Gasteiger partial charge in [0.25, 0.3) is 5.91 Å². The van der Waals surface area contributed by atoms with Crippen LogP contribution in [-0.2, 0) is 4.79 Å². The molecule has 0 aliphatic carbocycles. The van der Waals surface area contributed by atoms with Crippen molar-refractivity contribution in [2.24, 2.45) is 4.99 Å². The topological polar surface area (TPSA) is 37.6 Å². The molecule has 1 aliphatic rings. The Hall–Kier alpha value is -2.28. The molecule has 33 heavy (non-hydrogen) atoms. The number of hydrogen-bond acceptors (Lipinski definition) is 3. The minimum atomic E-state index is -0.0271. The molecule has 0 unspecified atom stereocenters. The Balaban J connectivity index is 1.71. The lowest BCUT2D eigenvalue weighted by atomic mass is 10.1. The van der Waals surface area contributed by atoms with E-state index in [1.165, 1.54) is 22.9 Å². The average Bonchev–Trinajstić information content (AvgIpc) is 3.20. The zero-order valence-electron chi connectivity index (χ0n) is 19.2. The smallest absolute Gasteiger partial charge is 0.266 e. The Morgan fingerprint density at radius 1 is 1.09 bits per heavy atom. The Labute approximate surface area is 212 Å². The van der Waals surface area contributed by atoms with Gasteiger partial charge in [0.1, 0.15) is 0 Å². The van der Waals surface area contributed by atoms with Crippen LogP contribution in [0.5, 0.6) is 0 Å². The number of aliphatic imine (C=N–C) groups is 1. The maximum Gasteiger partial charge on any atom is 0.266 e. The highest BCUT2D eigenvalue weighted by Crippen LogP contribution is 2.36. The first kappa shape index (κ1) is 23.9. The van der Waals surface area contributed by atoms with Crippen molar-refractivity contribution in [2.75, 3.05) is 6.54 Å². The van der Waals surface area contributed by atoms with Crippen LogP contribution in [-0.4, -0.2) is 27.1 Å². The molecule has 4 rings (SSSR count). The number of amidine groups is 1. The van der Waals surface area contributed by atoms with Crippen LogP contribution in [0.15, 0.2) is 56.8 Å². The Morgan fingerprint density at radius 2 is 1.85 bits per heavy atom. The van der Waals surface area contributed by atoms with Gasteiger partial charge in [-0.2, -0.15) is 0 Å². The van der Waals surface area contributed by atoms with Gasteiger partial charge in [0.15, 0.2) is 5.17 Å². The van der Waals surface area contributed by atoms with Crippen molar-refractivity contribution in [1.29, 1.82) is 0 Å². The summed E-state index contributed by atoms with van der Waals surface area (Å²) in [6, 6.07) is 14.1. The number of amides is 1. The zero-order valence-corrected chi connectivity index (χ0v) is 22.4. The van der Waals surface area contributed by atoms with Crippen molar-refractivity contribution >= 4 is 62.1 Å². The number of nitrogens with zero attached hydrogens (tertiary/aromatic N) is 3. The van der Waals surface area contributed by atoms with Gasteiger partial charge in [-0.1, -0.05) is 29.3 Å². The predicted octanol–water partition coefficient (Wildman–Crippen LogP) is 7.75. The van der Waals surface area contributed by atoms with Crippen molar-refractivity contribution in [1.82, 2.24) is 9.47 Å². The van der Waals surface area contributed by atoms with Gasteiger partial charge in [0, 0.05) is 28.1 Å². The first-order valence-electron chi connectivity index (χ1n) is 10.7. The summed E-state index contributed by atoms with van der Waals surface area (Å²) in [6.07, 6.45) is 1.98. The molecule has 1 saturated heterocycles. The monoisotopic (exact) mass is 541 g/mol. The number of aromatic nitrogens is 1. The molecule has 7 heteroatoms. The summed E-state index contributed by atoms with van der Waals surface area (Å²) in [5.74, 6) is -0.0271. The highest BCUT2D eigenvalue weighted by Gasteiger charge is 2.32. The largest absolute Gasteiger partial charge is 0.318 e. The molecule has 1 aromatic heterocycles. The van der Waals surface area contributed by atoms with Gasteiger partial charge in [-0.25, -0.2) is 4.99 Å². The van der Waals surface area contributed by atoms with Crippen LogP contribution in [0.2, 0.25) is 5.02 Å². The standard InChI is InChI=1S/C26H25BrClN3OS/c1-6-30-25(32)24(33-26(30)29-20-8-9-21(27)22(28)14-20)13-19-12-17(4)31(18(19)5)23-10-7-15(2)11-16(23)3/h7-14H,6H2,1-5H3/b24-13-,29-26?. The molecule has 2 heterocycles. The van der Waals surface area contributed by atoms with E-state index in [4.69, 9.17) is 16.6 Å². The summed E-state index contributed by atoms with van der Waals surface area (Å²) in [7, 11) is 0. The number of carbonyl (C=O) groups is 1. The number of hydrogen-bond donors (Lipinski definition) is 0. The van der Waals surface area contributed by atoms with Crippen LogP contribution in [0.4, 0.5) is 5.69 Å². The maximum absolute atomic E-state index is 13.1. The third-order valence-electron chi connectivity index (χ3n) is 5.68. The summed E-state index contributed by atoms with van der Waals surface area (Å²) >= 11 is 11.0. The molecular formula is C26H25BrClN3OS. The lowest BCUT2D eigenvalue weighted by Crippen LogP contribution is -2.28. The van der Waals surface area contributed by atoms with Crippen molar-refractivity contribution in [3.8, 4) is 5.69 Å². The fraction of sp³-hybridized carbons (Fsp3) is 0.231. The van der Waals surface area contributed by atoms with Gasteiger partial charge >= 0.3 is 0 Å². The van der Waals surface area contributed by atoms with E-state index in [0.717, 1.165) is 27.1 Å². The lowest BCUT2D eigenvalue weighted by Gasteiger charge is -2.13. The van der Waals surface area contributed by atoms with Crippen LogP contribution < -0.4 is 0 Å². The van der Waals surface area contributed by atoms with Crippen LogP contribution in [0.3, 0.4) is 0 Å². The molecule has 170 valence electrons. The van der Waals surface area contributed by atoms with Crippen molar-refractivity contribution in [3.63, 3.8) is 0 Å². The highest BCUT2D eigenvalue weighted by molar-refractivity contribution is 9.10. The lowest BCUT2D eigenvalue weighted by molar-refractivity contribution is -0.122. The van der Waals surface area contributed by atoms with Crippen LogP contribution in [0.1, 0.15) is 35.0 Å². The number of halogens is 2. The molecule has 0 radical (unpaired) electrons. The Morgan fingerprint density at radius 3 is 2.52 bits per heavy atom. The first-order valence-corrected chi connectivity index (χ1v) is 12.7. The van der Waals surface area contributed by atoms with Gasteiger partial charge in [-0.15, -0.1) is 0 Å². The van der Waals surface area contributed by atoms with E-state index in [2.05, 4.69) is 72.5 Å². The summed E-state index contributed by atoms with van der Waals surface area (Å²) in [6.45, 7) is 10.9. The molecule has 3 aromatic rings. The molecule has 0 saturated carbocycles. The molecule has 1 aliphatic heterocycles. The van der Waals surface area contributed by atoms with Gasteiger partial charge in [-0.3, -0.25) is 9.69 Å². The minimum Gasteiger partial charge on any atom is -0.318 e. The van der Waals surface area contributed by atoms with Gasteiger partial charge in [0.05, 0.1) is 15.6 Å². The van der Waals surface area contributed by atoms with E-state index >= 15 is 0 Å². The van der Waals surface area contributed by atoms with E-state index in [1.54, 1.807) is 11.0 Å².